The van der Waals surface area contributed by atoms with Crippen LogP contribution in [0.25, 0.3) is 0 Å². The second kappa shape index (κ2) is 6.39. The van der Waals surface area contributed by atoms with Crippen LogP contribution in [0.3, 0.4) is 0 Å². The van der Waals surface area contributed by atoms with Gasteiger partial charge >= 0.3 is 0 Å². The van der Waals surface area contributed by atoms with E-state index in [1.807, 2.05) is 11.1 Å². The van der Waals surface area contributed by atoms with Crippen LogP contribution in [0.1, 0.15) is 119 Å². The molecule has 7 unspecified atom stereocenters. The molecule has 170 valence electrons. The van der Waals surface area contributed by atoms with E-state index in [9.17, 15) is 5.11 Å². The molecular weight excluding hydrogens is 364 g/mol. The van der Waals surface area contributed by atoms with Crippen LogP contribution in [0.5, 0.6) is 0 Å². The van der Waals surface area contributed by atoms with Gasteiger partial charge in [0.25, 0.3) is 0 Å². The lowest BCUT2D eigenvalue weighted by molar-refractivity contribution is -0.224. The molecule has 0 aliphatic heterocycles. The van der Waals surface area contributed by atoms with E-state index in [2.05, 4.69) is 48.5 Å². The first-order chi connectivity index (χ1) is 13.9. The Hall–Kier alpha value is -0.300. The lowest BCUT2D eigenvalue weighted by Crippen LogP contribution is -2.64. The molecule has 0 bridgehead atoms. The van der Waals surface area contributed by atoms with Gasteiger partial charge in [-0.15, -0.1) is 0 Å². The zero-order chi connectivity index (χ0) is 21.7. The number of allylic oxidation sites excluding steroid dienone is 2. The molecule has 5 aliphatic rings. The first-order valence-corrected chi connectivity index (χ1v) is 13.2. The Labute approximate surface area is 186 Å². The Kier molecular flexibility index (Phi) is 4.59. The van der Waals surface area contributed by atoms with E-state index in [1.165, 1.54) is 64.2 Å². The minimum atomic E-state index is -0.112. The van der Waals surface area contributed by atoms with Gasteiger partial charge in [-0.05, 0) is 115 Å². The smallest absolute Gasteiger partial charge is 0.0594 e. The molecule has 0 aromatic carbocycles. The molecule has 7 atom stereocenters. The first kappa shape index (κ1) is 21.5. The third-order valence-electron chi connectivity index (χ3n) is 12.4. The molecule has 1 heteroatoms. The Morgan fingerprint density at radius 2 is 1.40 bits per heavy atom. The molecule has 0 spiro atoms. The number of hydrogen-bond acceptors (Lipinski definition) is 1. The van der Waals surface area contributed by atoms with Gasteiger partial charge in [0.2, 0.25) is 0 Å². The summed E-state index contributed by atoms with van der Waals surface area (Å²) in [5, 5.41) is 10.9. The van der Waals surface area contributed by atoms with Crippen LogP contribution >= 0.6 is 0 Å². The van der Waals surface area contributed by atoms with E-state index < -0.39 is 0 Å². The second-order valence-electron chi connectivity index (χ2n) is 14.5. The van der Waals surface area contributed by atoms with Crippen molar-refractivity contribution in [2.45, 2.75) is 125 Å². The van der Waals surface area contributed by atoms with Crippen LogP contribution in [0.15, 0.2) is 11.1 Å². The fourth-order valence-corrected chi connectivity index (χ4v) is 10.4. The van der Waals surface area contributed by atoms with E-state index >= 15 is 0 Å². The average molecular weight is 413 g/mol. The normalized spacial score (nSPS) is 52.0. The molecule has 1 nitrogen and oxygen atoms in total. The fourth-order valence-electron chi connectivity index (χ4n) is 10.4. The van der Waals surface area contributed by atoms with E-state index in [0.717, 1.165) is 18.3 Å². The zero-order valence-corrected chi connectivity index (χ0v) is 21.0. The van der Waals surface area contributed by atoms with Crippen molar-refractivity contribution in [3.63, 3.8) is 0 Å². The van der Waals surface area contributed by atoms with Crippen LogP contribution in [0.4, 0.5) is 0 Å². The SMILES string of the molecule is CC1(C)CCC2=C(C1)C1CCC3C4(C)CCC(O)C(C)(C)C4CCC3(C)C1(C)CC2. The topological polar surface area (TPSA) is 20.2 Å². The van der Waals surface area contributed by atoms with Gasteiger partial charge in [0.1, 0.15) is 0 Å². The van der Waals surface area contributed by atoms with Gasteiger partial charge in [0, 0.05) is 0 Å². The molecule has 0 aromatic heterocycles. The molecule has 3 saturated carbocycles. The third-order valence-corrected chi connectivity index (χ3v) is 12.4. The van der Waals surface area contributed by atoms with Gasteiger partial charge in [-0.2, -0.15) is 0 Å². The number of rotatable bonds is 0. The standard InChI is InChI=1S/C29H48O/c1-25(2)14-10-19-11-16-28(6)21(20(19)18-25)8-9-23-27(5)15-13-24(30)26(3,4)22(27)12-17-29(23,28)7/h21-24,30H,8-18H2,1-7H3. The highest BCUT2D eigenvalue weighted by molar-refractivity contribution is 5.31. The van der Waals surface area contributed by atoms with Gasteiger partial charge in [0.05, 0.1) is 6.10 Å². The van der Waals surface area contributed by atoms with Crippen LogP contribution in [-0.2, 0) is 0 Å². The van der Waals surface area contributed by atoms with Gasteiger partial charge in [0.15, 0.2) is 0 Å². The largest absolute Gasteiger partial charge is 0.393 e. The zero-order valence-electron chi connectivity index (χ0n) is 21.0. The third kappa shape index (κ3) is 2.63. The summed E-state index contributed by atoms with van der Waals surface area (Å²) >= 11 is 0. The lowest BCUT2D eigenvalue weighted by atomic mass is 9.33. The summed E-state index contributed by atoms with van der Waals surface area (Å²) in [6.45, 7) is 17.9. The lowest BCUT2D eigenvalue weighted by Gasteiger charge is -2.71. The van der Waals surface area contributed by atoms with Crippen LogP contribution < -0.4 is 0 Å². The van der Waals surface area contributed by atoms with Crippen molar-refractivity contribution < 1.29 is 5.11 Å². The summed E-state index contributed by atoms with van der Waals surface area (Å²) < 4.78 is 0. The highest BCUT2D eigenvalue weighted by Crippen LogP contribution is 2.75. The van der Waals surface area contributed by atoms with E-state index in [4.69, 9.17) is 0 Å². The summed E-state index contributed by atoms with van der Waals surface area (Å²) in [6.07, 6.45) is 14.6. The predicted molar refractivity (Wildman–Crippen MR) is 126 cm³/mol. The monoisotopic (exact) mass is 412 g/mol. The molecule has 5 aliphatic carbocycles. The second-order valence-corrected chi connectivity index (χ2v) is 14.5. The summed E-state index contributed by atoms with van der Waals surface area (Å²) in [6, 6.07) is 0. The van der Waals surface area contributed by atoms with E-state index in [-0.39, 0.29) is 11.5 Å². The summed E-state index contributed by atoms with van der Waals surface area (Å²) in [5.41, 5.74) is 5.70. The van der Waals surface area contributed by atoms with Crippen LogP contribution in [0.2, 0.25) is 0 Å². The van der Waals surface area contributed by atoms with Crippen LogP contribution in [0, 0.1) is 44.8 Å². The van der Waals surface area contributed by atoms with Crippen LogP contribution in [-0.4, -0.2) is 11.2 Å². The van der Waals surface area contributed by atoms with Gasteiger partial charge < -0.3 is 5.11 Å². The van der Waals surface area contributed by atoms with Crippen molar-refractivity contribution in [1.82, 2.24) is 0 Å². The molecule has 0 heterocycles. The molecule has 0 aromatic rings. The molecule has 30 heavy (non-hydrogen) atoms. The minimum Gasteiger partial charge on any atom is -0.393 e. The quantitative estimate of drug-likeness (QED) is 0.401. The maximum atomic E-state index is 10.9. The van der Waals surface area contributed by atoms with Gasteiger partial charge in [-0.3, -0.25) is 0 Å². The molecule has 3 fully saturated rings. The number of fused-ring (bicyclic) bond motifs is 6. The van der Waals surface area contributed by atoms with Gasteiger partial charge in [-0.1, -0.05) is 59.6 Å². The average Bonchev–Trinajstić information content (AvgIpc) is 2.65. The van der Waals surface area contributed by atoms with Crippen molar-refractivity contribution in [2.24, 2.45) is 44.8 Å². The first-order valence-electron chi connectivity index (χ1n) is 13.2. The molecule has 0 amide bonds. The summed E-state index contributed by atoms with van der Waals surface area (Å²) in [5.74, 6) is 2.35. The van der Waals surface area contributed by atoms with Gasteiger partial charge in [-0.25, -0.2) is 0 Å². The number of aliphatic hydroxyl groups excluding tert-OH is 1. The Morgan fingerprint density at radius 3 is 2.13 bits per heavy atom. The van der Waals surface area contributed by atoms with Crippen molar-refractivity contribution in [1.29, 1.82) is 0 Å². The maximum Gasteiger partial charge on any atom is 0.0594 e. The highest BCUT2D eigenvalue weighted by Gasteiger charge is 2.67. The molecule has 1 N–H and O–H groups in total. The number of aliphatic hydroxyl groups is 1. The van der Waals surface area contributed by atoms with E-state index in [0.29, 0.717) is 27.6 Å². The number of hydrogen-bond donors (Lipinski definition) is 1. The van der Waals surface area contributed by atoms with E-state index in [1.54, 1.807) is 0 Å². The van der Waals surface area contributed by atoms with Crippen molar-refractivity contribution in [3.05, 3.63) is 11.1 Å². The highest BCUT2D eigenvalue weighted by atomic mass is 16.3. The Bertz CT molecular complexity index is 758. The summed E-state index contributed by atoms with van der Waals surface area (Å²) in [4.78, 5) is 0. The molecular formula is C29H48O. The van der Waals surface area contributed by atoms with Crippen molar-refractivity contribution in [3.8, 4) is 0 Å². The molecule has 0 saturated heterocycles. The fraction of sp³-hybridized carbons (Fsp3) is 0.931. The summed E-state index contributed by atoms with van der Waals surface area (Å²) in [7, 11) is 0. The van der Waals surface area contributed by atoms with Crippen molar-refractivity contribution in [2.75, 3.05) is 0 Å². The molecule has 5 rings (SSSR count). The minimum absolute atomic E-state index is 0.0712. The Morgan fingerprint density at radius 1 is 0.700 bits per heavy atom. The maximum absolute atomic E-state index is 10.9. The Balaban J connectivity index is 1.53. The molecule has 0 radical (unpaired) electrons. The van der Waals surface area contributed by atoms with Crippen molar-refractivity contribution >= 4 is 0 Å². The predicted octanol–water partition coefficient (Wildman–Crippen LogP) is 7.92.